The minimum absolute atomic E-state index is 0.183. The molecule has 1 saturated heterocycles. The monoisotopic (exact) mass is 499 g/mol. The molecule has 19 heavy (non-hydrogen) atoms. The standard InChI is InChI=1S/C14H16Br2INO/c15-7-1-3-11-4-2-8-18(11)14(19)12-9-10(16)5-6-13(12)17/h5-6,9,11H,1-4,7-8H2. The van der Waals surface area contributed by atoms with Gasteiger partial charge in [-0.15, -0.1) is 0 Å². The Labute approximate surface area is 144 Å². The summed E-state index contributed by atoms with van der Waals surface area (Å²) in [6.07, 6.45) is 4.50. The quantitative estimate of drug-likeness (QED) is 0.428. The number of nitrogens with zero attached hydrogens (tertiary/aromatic N) is 1. The van der Waals surface area contributed by atoms with Crippen LogP contribution in [-0.4, -0.2) is 28.7 Å². The largest absolute Gasteiger partial charge is 0.336 e. The van der Waals surface area contributed by atoms with E-state index in [-0.39, 0.29) is 5.91 Å². The average Bonchev–Trinajstić information content (AvgIpc) is 2.86. The molecular weight excluding hydrogens is 485 g/mol. The summed E-state index contributed by atoms with van der Waals surface area (Å²) >= 11 is 9.16. The molecule has 1 aromatic carbocycles. The van der Waals surface area contributed by atoms with E-state index in [0.717, 1.165) is 51.2 Å². The van der Waals surface area contributed by atoms with Crippen molar-refractivity contribution in [1.29, 1.82) is 0 Å². The lowest BCUT2D eigenvalue weighted by molar-refractivity contribution is 0.0729. The van der Waals surface area contributed by atoms with Gasteiger partial charge in [-0.05, 0) is 66.5 Å². The third-order valence-electron chi connectivity index (χ3n) is 3.47. The van der Waals surface area contributed by atoms with Crippen LogP contribution in [0, 0.1) is 3.57 Å². The average molecular weight is 501 g/mol. The number of carbonyl (C=O) groups is 1. The fraction of sp³-hybridized carbons (Fsp3) is 0.500. The molecule has 1 heterocycles. The molecule has 1 unspecified atom stereocenters. The van der Waals surface area contributed by atoms with Crippen LogP contribution in [0.25, 0.3) is 0 Å². The fourth-order valence-corrected chi connectivity index (χ4v) is 3.78. The van der Waals surface area contributed by atoms with Gasteiger partial charge in [-0.3, -0.25) is 4.79 Å². The van der Waals surface area contributed by atoms with Gasteiger partial charge in [-0.25, -0.2) is 0 Å². The molecule has 0 aliphatic carbocycles. The Morgan fingerprint density at radius 3 is 3.00 bits per heavy atom. The molecule has 1 atom stereocenters. The Hall–Kier alpha value is 0.380. The molecule has 0 spiro atoms. The Balaban J connectivity index is 2.16. The van der Waals surface area contributed by atoms with Crippen LogP contribution in [0.2, 0.25) is 0 Å². The zero-order chi connectivity index (χ0) is 13.8. The second kappa shape index (κ2) is 7.41. The Kier molecular flexibility index (Phi) is 6.14. The number of rotatable bonds is 4. The van der Waals surface area contributed by atoms with Gasteiger partial charge in [-0.2, -0.15) is 0 Å². The second-order valence-electron chi connectivity index (χ2n) is 4.75. The molecular formula is C14H16Br2INO. The van der Waals surface area contributed by atoms with Gasteiger partial charge in [0.1, 0.15) is 0 Å². The number of hydrogen-bond acceptors (Lipinski definition) is 1. The van der Waals surface area contributed by atoms with Crippen LogP contribution in [0.4, 0.5) is 0 Å². The summed E-state index contributed by atoms with van der Waals surface area (Å²) in [6, 6.07) is 6.32. The first kappa shape index (κ1) is 15.8. The minimum Gasteiger partial charge on any atom is -0.336 e. The van der Waals surface area contributed by atoms with Crippen molar-refractivity contribution in [2.24, 2.45) is 0 Å². The Bertz CT molecular complexity index is 467. The third-order valence-corrected chi connectivity index (χ3v) is 5.46. The smallest absolute Gasteiger partial charge is 0.255 e. The van der Waals surface area contributed by atoms with Crippen molar-refractivity contribution >= 4 is 60.4 Å². The van der Waals surface area contributed by atoms with Gasteiger partial charge in [0.25, 0.3) is 5.91 Å². The molecule has 0 saturated carbocycles. The van der Waals surface area contributed by atoms with Crippen LogP contribution < -0.4 is 0 Å². The maximum absolute atomic E-state index is 12.7. The number of benzene rings is 1. The van der Waals surface area contributed by atoms with E-state index in [9.17, 15) is 4.79 Å². The first-order valence-corrected chi connectivity index (χ1v) is 9.45. The maximum atomic E-state index is 12.7. The Morgan fingerprint density at radius 2 is 2.26 bits per heavy atom. The van der Waals surface area contributed by atoms with E-state index < -0.39 is 0 Å². The van der Waals surface area contributed by atoms with Crippen molar-refractivity contribution in [3.63, 3.8) is 0 Å². The highest BCUT2D eigenvalue weighted by atomic mass is 127. The van der Waals surface area contributed by atoms with Gasteiger partial charge >= 0.3 is 0 Å². The Morgan fingerprint density at radius 1 is 1.47 bits per heavy atom. The third kappa shape index (κ3) is 3.94. The van der Waals surface area contributed by atoms with E-state index in [1.807, 2.05) is 18.2 Å². The summed E-state index contributed by atoms with van der Waals surface area (Å²) in [4.78, 5) is 14.7. The summed E-state index contributed by atoms with van der Waals surface area (Å²) in [5.41, 5.74) is 0.820. The van der Waals surface area contributed by atoms with Crippen molar-refractivity contribution in [1.82, 2.24) is 4.90 Å². The van der Waals surface area contributed by atoms with Crippen molar-refractivity contribution < 1.29 is 4.79 Å². The van der Waals surface area contributed by atoms with Crippen LogP contribution in [0.3, 0.4) is 0 Å². The first-order chi connectivity index (χ1) is 9.13. The zero-order valence-electron chi connectivity index (χ0n) is 10.5. The summed E-state index contributed by atoms with van der Waals surface area (Å²) in [5.74, 6) is 0.183. The highest BCUT2D eigenvalue weighted by Crippen LogP contribution is 2.26. The lowest BCUT2D eigenvalue weighted by Crippen LogP contribution is -2.36. The molecule has 2 nitrogen and oxygen atoms in total. The highest BCUT2D eigenvalue weighted by molar-refractivity contribution is 14.1. The molecule has 5 heteroatoms. The molecule has 1 amide bonds. The van der Waals surface area contributed by atoms with Crippen molar-refractivity contribution in [2.75, 3.05) is 11.9 Å². The van der Waals surface area contributed by atoms with Gasteiger partial charge in [0.2, 0.25) is 0 Å². The van der Waals surface area contributed by atoms with Crippen molar-refractivity contribution in [3.8, 4) is 0 Å². The number of alkyl halides is 1. The summed E-state index contributed by atoms with van der Waals surface area (Å²) in [7, 11) is 0. The SMILES string of the molecule is O=C(c1cc(Br)ccc1I)N1CCCC1CCCBr. The number of hydrogen-bond donors (Lipinski definition) is 0. The molecule has 104 valence electrons. The minimum atomic E-state index is 0.183. The number of amides is 1. The zero-order valence-corrected chi connectivity index (χ0v) is 15.9. The van der Waals surface area contributed by atoms with Crippen molar-refractivity contribution in [2.45, 2.75) is 31.7 Å². The van der Waals surface area contributed by atoms with Gasteiger partial charge in [0, 0.05) is 26.0 Å². The van der Waals surface area contributed by atoms with Crippen LogP contribution in [0.15, 0.2) is 22.7 Å². The van der Waals surface area contributed by atoms with Gasteiger partial charge < -0.3 is 4.90 Å². The molecule has 2 rings (SSSR count). The normalized spacial score (nSPS) is 18.9. The summed E-state index contributed by atoms with van der Waals surface area (Å²) in [6.45, 7) is 0.897. The summed E-state index contributed by atoms with van der Waals surface area (Å²) in [5, 5.41) is 1.01. The molecule has 0 N–H and O–H groups in total. The fourth-order valence-electron chi connectivity index (χ4n) is 2.53. The van der Waals surface area contributed by atoms with Gasteiger partial charge in [0.05, 0.1) is 5.56 Å². The predicted molar refractivity (Wildman–Crippen MR) is 93.9 cm³/mol. The molecule has 1 fully saturated rings. The van der Waals surface area contributed by atoms with E-state index in [1.165, 1.54) is 0 Å². The van der Waals surface area contributed by atoms with Crippen molar-refractivity contribution in [3.05, 3.63) is 31.8 Å². The van der Waals surface area contributed by atoms with E-state index >= 15 is 0 Å². The molecule has 1 aliphatic heterocycles. The summed E-state index contributed by atoms with van der Waals surface area (Å²) < 4.78 is 1.99. The maximum Gasteiger partial charge on any atom is 0.255 e. The van der Waals surface area contributed by atoms with Crippen LogP contribution in [0.5, 0.6) is 0 Å². The first-order valence-electron chi connectivity index (χ1n) is 6.45. The van der Waals surface area contributed by atoms with Gasteiger partial charge in [0.15, 0.2) is 0 Å². The molecule has 0 bridgehead atoms. The number of carbonyl (C=O) groups excluding carboxylic acids is 1. The lowest BCUT2D eigenvalue weighted by Gasteiger charge is -2.25. The number of halogens is 3. The van der Waals surface area contributed by atoms with Crippen LogP contribution in [0.1, 0.15) is 36.0 Å². The topological polar surface area (TPSA) is 20.3 Å². The van der Waals surface area contributed by atoms with E-state index in [2.05, 4.69) is 59.4 Å². The predicted octanol–water partition coefficient (Wildman–Crippen LogP) is 4.83. The van der Waals surface area contributed by atoms with E-state index in [4.69, 9.17) is 0 Å². The van der Waals surface area contributed by atoms with Gasteiger partial charge in [-0.1, -0.05) is 31.9 Å². The van der Waals surface area contributed by atoms with E-state index in [1.54, 1.807) is 0 Å². The van der Waals surface area contributed by atoms with E-state index in [0.29, 0.717) is 6.04 Å². The lowest BCUT2D eigenvalue weighted by atomic mass is 10.1. The second-order valence-corrected chi connectivity index (χ2v) is 7.62. The highest BCUT2D eigenvalue weighted by Gasteiger charge is 2.29. The van der Waals surface area contributed by atoms with Crippen LogP contribution in [-0.2, 0) is 0 Å². The molecule has 0 radical (unpaired) electrons. The molecule has 1 aromatic rings. The number of likely N-dealkylation sites (tertiary alicyclic amines) is 1. The van der Waals surface area contributed by atoms with Crippen LogP contribution >= 0.6 is 54.5 Å². The molecule has 0 aromatic heterocycles. The molecule has 1 aliphatic rings.